The number of amides is 2. The van der Waals surface area contributed by atoms with Gasteiger partial charge in [0.25, 0.3) is 0 Å². The highest BCUT2D eigenvalue weighted by Gasteiger charge is 2.32. The zero-order chi connectivity index (χ0) is 17.1. The number of methoxy groups -OCH3 is 1. The van der Waals surface area contributed by atoms with E-state index in [9.17, 15) is 9.59 Å². The summed E-state index contributed by atoms with van der Waals surface area (Å²) in [6, 6.07) is 8.93. The summed E-state index contributed by atoms with van der Waals surface area (Å²) in [5.74, 6) is 0.0415. The van der Waals surface area contributed by atoms with E-state index in [-0.39, 0.29) is 18.0 Å². The fraction of sp³-hybridized carbons (Fsp3) is 0.556. The van der Waals surface area contributed by atoms with E-state index >= 15 is 0 Å². The maximum Gasteiger partial charge on any atom is 0.409 e. The summed E-state index contributed by atoms with van der Waals surface area (Å²) >= 11 is 0. The highest BCUT2D eigenvalue weighted by molar-refractivity contribution is 5.78. The monoisotopic (exact) mass is 331 g/mol. The number of rotatable bonds is 4. The number of anilines is 1. The van der Waals surface area contributed by atoms with Gasteiger partial charge < -0.3 is 19.9 Å². The molecule has 1 atom stereocenters. The van der Waals surface area contributed by atoms with E-state index in [1.54, 1.807) is 4.90 Å². The molecule has 1 aromatic carbocycles. The number of fused-ring (bicyclic) bond motifs is 1. The number of para-hydroxylation sites is 1. The van der Waals surface area contributed by atoms with Gasteiger partial charge in [-0.3, -0.25) is 4.79 Å². The Balaban J connectivity index is 1.48. The third kappa shape index (κ3) is 3.47. The summed E-state index contributed by atoms with van der Waals surface area (Å²) in [6.45, 7) is 3.99. The number of hydrogen-bond acceptors (Lipinski definition) is 4. The average molecular weight is 331 g/mol. The fourth-order valence-electron chi connectivity index (χ4n) is 3.47. The van der Waals surface area contributed by atoms with Crippen LogP contribution in [0.2, 0.25) is 0 Å². The summed E-state index contributed by atoms with van der Waals surface area (Å²) < 4.78 is 4.65. The molecule has 6 nitrogen and oxygen atoms in total. The summed E-state index contributed by atoms with van der Waals surface area (Å²) in [6.07, 6.45) is 2.35. The molecule has 2 aliphatic heterocycles. The van der Waals surface area contributed by atoms with Crippen molar-refractivity contribution < 1.29 is 14.3 Å². The van der Waals surface area contributed by atoms with Gasteiger partial charge in [-0.15, -0.1) is 0 Å². The van der Waals surface area contributed by atoms with Gasteiger partial charge in [-0.25, -0.2) is 4.79 Å². The zero-order valence-corrected chi connectivity index (χ0v) is 14.3. The van der Waals surface area contributed by atoms with Gasteiger partial charge in [0.05, 0.1) is 13.2 Å². The Kier molecular flexibility index (Phi) is 4.92. The minimum Gasteiger partial charge on any atom is -0.453 e. The quantitative estimate of drug-likeness (QED) is 0.914. The normalized spacial score (nSPS) is 20.2. The van der Waals surface area contributed by atoms with E-state index < -0.39 is 0 Å². The van der Waals surface area contributed by atoms with Gasteiger partial charge in [0.15, 0.2) is 0 Å². The molecule has 3 rings (SSSR count). The second-order valence-corrected chi connectivity index (χ2v) is 6.60. The first-order valence-corrected chi connectivity index (χ1v) is 8.55. The lowest BCUT2D eigenvalue weighted by Gasteiger charge is -2.39. The van der Waals surface area contributed by atoms with Gasteiger partial charge in [-0.05, 0) is 31.4 Å². The Hall–Kier alpha value is -2.24. The summed E-state index contributed by atoms with van der Waals surface area (Å²) in [5, 5.41) is 2.99. The number of aryl methyl sites for hydroxylation is 1. The van der Waals surface area contributed by atoms with Crippen molar-refractivity contribution in [3.8, 4) is 0 Å². The van der Waals surface area contributed by atoms with Gasteiger partial charge in [0.1, 0.15) is 0 Å². The van der Waals surface area contributed by atoms with Crippen LogP contribution < -0.4 is 10.2 Å². The molecule has 0 saturated carbocycles. The second-order valence-electron chi connectivity index (χ2n) is 6.60. The highest BCUT2D eigenvalue weighted by Crippen LogP contribution is 2.30. The van der Waals surface area contributed by atoms with E-state index in [1.165, 1.54) is 18.4 Å². The van der Waals surface area contributed by atoms with E-state index in [4.69, 9.17) is 0 Å². The molecule has 0 spiro atoms. The largest absolute Gasteiger partial charge is 0.453 e. The Bertz CT molecular complexity index is 613. The van der Waals surface area contributed by atoms with Crippen LogP contribution >= 0.6 is 0 Å². The minimum absolute atomic E-state index is 0.0415. The van der Waals surface area contributed by atoms with Crippen LogP contribution in [0.25, 0.3) is 0 Å². The van der Waals surface area contributed by atoms with Crippen LogP contribution in [0.1, 0.15) is 25.3 Å². The third-order valence-corrected chi connectivity index (χ3v) is 4.92. The molecule has 1 aromatic rings. The molecule has 2 aliphatic rings. The lowest BCUT2D eigenvalue weighted by molar-refractivity contribution is -0.122. The number of benzene rings is 1. The van der Waals surface area contributed by atoms with Gasteiger partial charge in [0.2, 0.25) is 5.91 Å². The number of ether oxygens (including phenoxy) is 1. The van der Waals surface area contributed by atoms with Crippen molar-refractivity contribution in [2.24, 2.45) is 0 Å². The molecule has 1 N–H and O–H groups in total. The lowest BCUT2D eigenvalue weighted by atomic mass is 9.96. The van der Waals surface area contributed by atoms with Crippen LogP contribution in [-0.4, -0.2) is 55.7 Å². The van der Waals surface area contributed by atoms with Crippen molar-refractivity contribution in [2.45, 2.75) is 38.3 Å². The molecule has 1 fully saturated rings. The van der Waals surface area contributed by atoms with E-state index in [0.29, 0.717) is 25.6 Å². The molecule has 0 aliphatic carbocycles. The number of carbonyl (C=O) groups excluding carboxylic acids is 2. The van der Waals surface area contributed by atoms with Gasteiger partial charge >= 0.3 is 6.09 Å². The predicted molar refractivity (Wildman–Crippen MR) is 92.1 cm³/mol. The Labute approximate surface area is 142 Å². The summed E-state index contributed by atoms with van der Waals surface area (Å²) in [4.78, 5) is 27.4. The molecule has 6 heteroatoms. The number of hydrogen-bond donors (Lipinski definition) is 1. The van der Waals surface area contributed by atoms with Gasteiger partial charge in [-0.1, -0.05) is 18.2 Å². The molecular weight excluding hydrogens is 306 g/mol. The van der Waals surface area contributed by atoms with Crippen molar-refractivity contribution in [2.75, 3.05) is 31.6 Å². The van der Waals surface area contributed by atoms with Crippen molar-refractivity contribution >= 4 is 17.7 Å². The fourth-order valence-corrected chi connectivity index (χ4v) is 3.47. The highest BCUT2D eigenvalue weighted by atomic mass is 16.5. The van der Waals surface area contributed by atoms with Crippen LogP contribution in [0, 0.1) is 0 Å². The summed E-state index contributed by atoms with van der Waals surface area (Å²) in [5.41, 5.74) is 2.62. The zero-order valence-electron chi connectivity index (χ0n) is 14.3. The average Bonchev–Trinajstić information content (AvgIpc) is 2.56. The van der Waals surface area contributed by atoms with Crippen molar-refractivity contribution in [1.29, 1.82) is 0 Å². The van der Waals surface area contributed by atoms with Gasteiger partial charge in [0, 0.05) is 37.8 Å². The van der Waals surface area contributed by atoms with E-state index in [2.05, 4.69) is 46.1 Å². The topological polar surface area (TPSA) is 61.9 Å². The standard InChI is InChI=1S/C18H25N3O3/c1-13-7-8-14-5-3-4-6-16(14)21(13)10-9-17(22)19-15-11-20(12-15)18(23)24-2/h3-6,13,15H,7-12H2,1-2H3,(H,19,22). The molecular formula is C18H25N3O3. The van der Waals surface area contributed by atoms with Crippen LogP contribution in [0.4, 0.5) is 10.5 Å². The molecule has 0 bridgehead atoms. The van der Waals surface area contributed by atoms with E-state index in [1.807, 2.05) is 0 Å². The number of likely N-dealkylation sites (tertiary alicyclic amines) is 1. The number of nitrogens with zero attached hydrogens (tertiary/aromatic N) is 2. The van der Waals surface area contributed by atoms with Crippen LogP contribution in [-0.2, 0) is 16.0 Å². The Morgan fingerprint density at radius 3 is 2.79 bits per heavy atom. The maximum atomic E-state index is 12.2. The second kappa shape index (κ2) is 7.11. The maximum absolute atomic E-state index is 12.2. The first-order chi connectivity index (χ1) is 11.6. The van der Waals surface area contributed by atoms with Crippen molar-refractivity contribution in [1.82, 2.24) is 10.2 Å². The SMILES string of the molecule is COC(=O)N1CC(NC(=O)CCN2c3ccccc3CCC2C)C1. The summed E-state index contributed by atoms with van der Waals surface area (Å²) in [7, 11) is 1.37. The minimum atomic E-state index is -0.334. The molecule has 1 saturated heterocycles. The van der Waals surface area contributed by atoms with Crippen molar-refractivity contribution in [3.63, 3.8) is 0 Å². The van der Waals surface area contributed by atoms with Crippen molar-refractivity contribution in [3.05, 3.63) is 29.8 Å². The molecule has 0 radical (unpaired) electrons. The molecule has 0 aromatic heterocycles. The first kappa shape index (κ1) is 16.6. The van der Waals surface area contributed by atoms with Crippen LogP contribution in [0.5, 0.6) is 0 Å². The molecule has 2 heterocycles. The smallest absolute Gasteiger partial charge is 0.409 e. The number of nitrogens with one attached hydrogen (secondary N) is 1. The molecule has 2 amide bonds. The van der Waals surface area contributed by atoms with Crippen LogP contribution in [0.15, 0.2) is 24.3 Å². The molecule has 130 valence electrons. The van der Waals surface area contributed by atoms with Crippen LogP contribution in [0.3, 0.4) is 0 Å². The third-order valence-electron chi connectivity index (χ3n) is 4.92. The predicted octanol–water partition coefficient (Wildman–Crippen LogP) is 1.78. The Morgan fingerprint density at radius 2 is 2.04 bits per heavy atom. The molecule has 1 unspecified atom stereocenters. The first-order valence-electron chi connectivity index (χ1n) is 8.55. The van der Waals surface area contributed by atoms with E-state index in [0.717, 1.165) is 19.4 Å². The Morgan fingerprint density at radius 1 is 1.29 bits per heavy atom. The molecule has 24 heavy (non-hydrogen) atoms. The van der Waals surface area contributed by atoms with Gasteiger partial charge in [-0.2, -0.15) is 0 Å². The lowest BCUT2D eigenvalue weighted by Crippen LogP contribution is -2.61. The number of carbonyl (C=O) groups is 2.